The third kappa shape index (κ3) is 14.8. The number of hydrogen-bond acceptors (Lipinski definition) is 3. The second-order valence-electron chi connectivity index (χ2n) is 1.81. The first-order chi connectivity index (χ1) is 6.57. The van der Waals surface area contributed by atoms with Crippen molar-refractivity contribution in [2.45, 2.75) is 6.18 Å². The second-order valence-corrected chi connectivity index (χ2v) is 1.81. The molecule has 0 aromatic rings. The van der Waals surface area contributed by atoms with Gasteiger partial charge in [-0.05, 0) is 0 Å². The van der Waals surface area contributed by atoms with Gasteiger partial charge in [0, 0.05) is 12.2 Å². The number of carboxylic acid groups (broad SMARTS) is 3. The van der Waals surface area contributed by atoms with Crippen LogP contribution < -0.4 is 0 Å². The number of hydrogen-bond donors (Lipinski definition) is 3. The van der Waals surface area contributed by atoms with Crippen LogP contribution in [0.3, 0.4) is 0 Å². The largest absolute Gasteiger partial charge is 0.490 e. The summed E-state index contributed by atoms with van der Waals surface area (Å²) >= 11 is 0. The minimum atomic E-state index is -5.08. The molecule has 0 unspecified atom stereocenters. The van der Waals surface area contributed by atoms with Crippen molar-refractivity contribution in [1.82, 2.24) is 0 Å². The van der Waals surface area contributed by atoms with Gasteiger partial charge in [0.05, 0.1) is 0 Å². The maximum absolute atomic E-state index is 10.6. The van der Waals surface area contributed by atoms with Crippen molar-refractivity contribution in [3.05, 3.63) is 12.2 Å². The Morgan fingerprint density at radius 3 is 1.13 bits per heavy atom. The van der Waals surface area contributed by atoms with Crippen LogP contribution in [0.15, 0.2) is 12.2 Å². The molecule has 0 fully saturated rings. The Hall–Kier alpha value is -2.06. The lowest BCUT2D eigenvalue weighted by atomic mass is 10.5. The number of carbonyl (C=O) groups is 3. The molecule has 86 valence electrons. The van der Waals surface area contributed by atoms with E-state index in [4.69, 9.17) is 20.1 Å². The Labute approximate surface area is 80.2 Å². The number of aliphatic carboxylic acids is 3. The predicted octanol–water partition coefficient (Wildman–Crippen LogP) is 0.345. The first-order valence-corrected chi connectivity index (χ1v) is 3.01. The molecule has 0 heterocycles. The van der Waals surface area contributed by atoms with E-state index in [9.17, 15) is 22.8 Å². The van der Waals surface area contributed by atoms with E-state index >= 15 is 0 Å². The minimum Gasteiger partial charge on any atom is -0.478 e. The molecule has 0 saturated heterocycles. The fourth-order valence-corrected chi connectivity index (χ4v) is 0.143. The summed E-state index contributed by atoms with van der Waals surface area (Å²) in [6.07, 6.45) is -3.97. The van der Waals surface area contributed by atoms with E-state index in [1.807, 2.05) is 0 Å². The molecule has 15 heavy (non-hydrogen) atoms. The van der Waals surface area contributed by atoms with Crippen LogP contribution in [0.1, 0.15) is 0 Å². The third-order valence-corrected chi connectivity index (χ3v) is 0.611. The standard InChI is InChI=1S/C4H4O4.C2HF3O2/c5-3(6)1-2-4(7)8;3-2(4,5)1(6)7/h1-2H,(H,5,6)(H,7,8);(H,6,7)/b2-1-;. The second kappa shape index (κ2) is 6.40. The summed E-state index contributed by atoms with van der Waals surface area (Å²) in [6.45, 7) is 0. The molecule has 9 heteroatoms. The Bertz CT molecular complexity index is 263. The molecule has 0 aliphatic heterocycles. The van der Waals surface area contributed by atoms with Gasteiger partial charge in [0.15, 0.2) is 0 Å². The van der Waals surface area contributed by atoms with Gasteiger partial charge < -0.3 is 15.3 Å². The zero-order valence-corrected chi connectivity index (χ0v) is 6.85. The van der Waals surface area contributed by atoms with E-state index in [1.54, 1.807) is 0 Å². The fraction of sp³-hybridized carbons (Fsp3) is 0.167. The van der Waals surface area contributed by atoms with Gasteiger partial charge >= 0.3 is 24.1 Å². The number of halogens is 3. The monoisotopic (exact) mass is 230 g/mol. The van der Waals surface area contributed by atoms with Gasteiger partial charge in [0.2, 0.25) is 0 Å². The molecule has 0 atom stereocenters. The quantitative estimate of drug-likeness (QED) is 0.590. The van der Waals surface area contributed by atoms with Gasteiger partial charge in [0.1, 0.15) is 0 Å². The highest BCUT2D eigenvalue weighted by atomic mass is 19.4. The van der Waals surface area contributed by atoms with Gasteiger partial charge in [-0.3, -0.25) is 0 Å². The maximum atomic E-state index is 10.6. The van der Waals surface area contributed by atoms with Crippen LogP contribution in [-0.2, 0) is 14.4 Å². The average molecular weight is 230 g/mol. The molecular formula is C6H5F3O6. The molecule has 0 amide bonds. The van der Waals surface area contributed by atoms with E-state index in [0.29, 0.717) is 12.2 Å². The molecular weight excluding hydrogens is 225 g/mol. The van der Waals surface area contributed by atoms with Gasteiger partial charge in [0.25, 0.3) is 0 Å². The van der Waals surface area contributed by atoms with Crippen molar-refractivity contribution in [2.75, 3.05) is 0 Å². The van der Waals surface area contributed by atoms with Crippen molar-refractivity contribution in [3.63, 3.8) is 0 Å². The molecule has 6 nitrogen and oxygen atoms in total. The Kier molecular flexibility index (Phi) is 6.58. The molecule has 0 aromatic heterocycles. The summed E-state index contributed by atoms with van der Waals surface area (Å²) in [5, 5.41) is 22.7. The Morgan fingerprint density at radius 2 is 1.07 bits per heavy atom. The van der Waals surface area contributed by atoms with Crippen molar-refractivity contribution in [3.8, 4) is 0 Å². The first-order valence-electron chi connectivity index (χ1n) is 3.01. The van der Waals surface area contributed by atoms with Crippen LogP contribution in [0.4, 0.5) is 13.2 Å². The SMILES string of the molecule is O=C(O)/C=C\C(=O)O.O=C(O)C(F)(F)F. The number of carboxylic acids is 3. The predicted molar refractivity (Wildman–Crippen MR) is 38.1 cm³/mol. The van der Waals surface area contributed by atoms with Crippen LogP contribution in [0.2, 0.25) is 0 Å². The van der Waals surface area contributed by atoms with Crippen molar-refractivity contribution in [2.24, 2.45) is 0 Å². The van der Waals surface area contributed by atoms with Crippen LogP contribution >= 0.6 is 0 Å². The summed E-state index contributed by atoms with van der Waals surface area (Å²) in [6, 6.07) is 0. The van der Waals surface area contributed by atoms with Crippen molar-refractivity contribution < 1.29 is 42.9 Å². The molecule has 0 aliphatic rings. The summed E-state index contributed by atoms with van der Waals surface area (Å²) in [7, 11) is 0. The molecule has 0 aliphatic carbocycles. The minimum absolute atomic E-state index is 0.558. The average Bonchev–Trinajstić information content (AvgIpc) is 2.00. The highest BCUT2D eigenvalue weighted by Crippen LogP contribution is 2.13. The first kappa shape index (κ1) is 15.4. The fourth-order valence-electron chi connectivity index (χ4n) is 0.143. The smallest absolute Gasteiger partial charge is 0.478 e. The molecule has 3 N–H and O–H groups in total. The summed E-state index contributed by atoms with van der Waals surface area (Å²) in [5.41, 5.74) is 0. The molecule has 0 radical (unpaired) electrons. The molecule has 0 saturated carbocycles. The highest BCUT2D eigenvalue weighted by molar-refractivity contribution is 5.89. The molecule has 0 bridgehead atoms. The molecule has 0 aromatic carbocycles. The highest BCUT2D eigenvalue weighted by Gasteiger charge is 2.38. The topological polar surface area (TPSA) is 112 Å². The van der Waals surface area contributed by atoms with Crippen LogP contribution in [0.25, 0.3) is 0 Å². The lowest BCUT2D eigenvalue weighted by Gasteiger charge is -1.93. The van der Waals surface area contributed by atoms with E-state index in [-0.39, 0.29) is 0 Å². The number of rotatable bonds is 2. The van der Waals surface area contributed by atoms with Gasteiger partial charge in [-0.1, -0.05) is 0 Å². The Morgan fingerprint density at radius 1 is 0.867 bits per heavy atom. The van der Waals surface area contributed by atoms with E-state index in [2.05, 4.69) is 0 Å². The maximum Gasteiger partial charge on any atom is 0.490 e. The Balaban J connectivity index is 0. The van der Waals surface area contributed by atoms with E-state index in [1.165, 1.54) is 0 Å². The molecule has 0 spiro atoms. The van der Waals surface area contributed by atoms with Crippen LogP contribution in [0.5, 0.6) is 0 Å². The van der Waals surface area contributed by atoms with Crippen molar-refractivity contribution >= 4 is 17.9 Å². The summed E-state index contributed by atoms with van der Waals surface area (Å²) < 4.78 is 31.7. The van der Waals surface area contributed by atoms with E-state index in [0.717, 1.165) is 0 Å². The van der Waals surface area contributed by atoms with Gasteiger partial charge in [-0.2, -0.15) is 13.2 Å². The van der Waals surface area contributed by atoms with E-state index < -0.39 is 24.1 Å². The third-order valence-electron chi connectivity index (χ3n) is 0.611. The normalized spacial score (nSPS) is 10.3. The summed E-state index contributed by atoms with van der Waals surface area (Å²) in [5.74, 6) is -5.27. The van der Waals surface area contributed by atoms with Crippen molar-refractivity contribution in [1.29, 1.82) is 0 Å². The van der Waals surface area contributed by atoms with Gasteiger partial charge in [-0.15, -0.1) is 0 Å². The van der Waals surface area contributed by atoms with Crippen LogP contribution in [-0.4, -0.2) is 39.4 Å². The zero-order valence-electron chi connectivity index (χ0n) is 6.85. The van der Waals surface area contributed by atoms with Gasteiger partial charge in [-0.25, -0.2) is 14.4 Å². The number of alkyl halides is 3. The van der Waals surface area contributed by atoms with Crippen LogP contribution in [0, 0.1) is 0 Å². The molecule has 0 rings (SSSR count). The lowest BCUT2D eigenvalue weighted by Crippen LogP contribution is -2.21. The lowest BCUT2D eigenvalue weighted by molar-refractivity contribution is -0.192. The zero-order chi connectivity index (χ0) is 12.6. The summed E-state index contributed by atoms with van der Waals surface area (Å²) in [4.78, 5) is 28.0.